The van der Waals surface area contributed by atoms with Gasteiger partial charge in [0.2, 0.25) is 5.91 Å². The molecule has 1 aromatic heterocycles. The number of halogens is 1. The molecule has 0 radical (unpaired) electrons. The Balaban J connectivity index is 1.61. The second-order valence-electron chi connectivity index (χ2n) is 6.30. The van der Waals surface area contributed by atoms with E-state index in [-0.39, 0.29) is 30.0 Å². The third kappa shape index (κ3) is 4.28. The molecular formula is C19H21FN2O4. The Morgan fingerprint density at radius 1 is 1.35 bits per heavy atom. The molecule has 138 valence electrons. The summed E-state index contributed by atoms with van der Waals surface area (Å²) in [6.07, 6.45) is 1.61. The molecule has 1 atom stereocenters. The highest BCUT2D eigenvalue weighted by Gasteiger charge is 2.29. The number of aromatic nitrogens is 1. The van der Waals surface area contributed by atoms with Gasteiger partial charge in [0.1, 0.15) is 5.82 Å². The lowest BCUT2D eigenvalue weighted by Crippen LogP contribution is -2.43. The molecule has 1 aliphatic heterocycles. The Labute approximate surface area is 150 Å². The minimum absolute atomic E-state index is 0.0975. The first-order chi connectivity index (χ1) is 12.6. The largest absolute Gasteiger partial charge is 0.466 e. The number of esters is 1. The fraction of sp³-hybridized carbons (Fsp3) is 0.421. The summed E-state index contributed by atoms with van der Waals surface area (Å²) in [5.41, 5.74) is 1.20. The summed E-state index contributed by atoms with van der Waals surface area (Å²) in [6, 6.07) is 7.54. The zero-order valence-electron chi connectivity index (χ0n) is 14.6. The summed E-state index contributed by atoms with van der Waals surface area (Å²) in [6.45, 7) is 3.11. The molecule has 2 aromatic rings. The van der Waals surface area contributed by atoms with E-state index in [0.29, 0.717) is 36.7 Å². The Bertz CT molecular complexity index is 772. The summed E-state index contributed by atoms with van der Waals surface area (Å²) >= 11 is 0. The average molecular weight is 360 g/mol. The topological polar surface area (TPSA) is 72.6 Å². The van der Waals surface area contributed by atoms with Gasteiger partial charge in [0.15, 0.2) is 5.76 Å². The molecule has 26 heavy (non-hydrogen) atoms. The highest BCUT2D eigenvalue weighted by molar-refractivity contribution is 5.80. The number of hydrogen-bond acceptors (Lipinski definition) is 5. The molecule has 0 saturated carbocycles. The van der Waals surface area contributed by atoms with Crippen molar-refractivity contribution in [1.82, 2.24) is 10.1 Å². The van der Waals surface area contributed by atoms with Crippen LogP contribution in [0, 0.1) is 11.7 Å². The van der Waals surface area contributed by atoms with Crippen LogP contribution in [0.15, 0.2) is 34.9 Å². The van der Waals surface area contributed by atoms with Crippen molar-refractivity contribution in [2.24, 2.45) is 5.92 Å². The van der Waals surface area contributed by atoms with E-state index in [1.54, 1.807) is 30.0 Å². The number of hydrogen-bond donors (Lipinski definition) is 0. The third-order valence-electron chi connectivity index (χ3n) is 4.41. The van der Waals surface area contributed by atoms with Crippen LogP contribution < -0.4 is 0 Å². The Morgan fingerprint density at radius 2 is 2.12 bits per heavy atom. The predicted octanol–water partition coefficient (Wildman–Crippen LogP) is 2.82. The zero-order valence-corrected chi connectivity index (χ0v) is 14.6. The van der Waals surface area contributed by atoms with Crippen molar-refractivity contribution < 1.29 is 23.2 Å². The molecule has 2 heterocycles. The number of ether oxygens (including phenoxy) is 1. The first kappa shape index (κ1) is 18.1. The van der Waals surface area contributed by atoms with Crippen LogP contribution in [0.25, 0.3) is 11.3 Å². The molecule has 1 amide bonds. The molecule has 0 aliphatic carbocycles. The van der Waals surface area contributed by atoms with E-state index in [9.17, 15) is 14.0 Å². The predicted molar refractivity (Wildman–Crippen MR) is 91.5 cm³/mol. The maximum atomic E-state index is 13.0. The maximum Gasteiger partial charge on any atom is 0.310 e. The van der Waals surface area contributed by atoms with Gasteiger partial charge in [-0.1, -0.05) is 5.16 Å². The number of benzene rings is 1. The first-order valence-corrected chi connectivity index (χ1v) is 8.72. The van der Waals surface area contributed by atoms with E-state index in [1.807, 2.05) is 0 Å². The van der Waals surface area contributed by atoms with E-state index in [1.165, 1.54) is 12.1 Å². The molecule has 1 aliphatic rings. The summed E-state index contributed by atoms with van der Waals surface area (Å²) in [5, 5.41) is 3.93. The molecule has 3 rings (SSSR count). The lowest BCUT2D eigenvalue weighted by Gasteiger charge is -2.31. The van der Waals surface area contributed by atoms with Gasteiger partial charge in [-0.3, -0.25) is 9.59 Å². The first-order valence-electron chi connectivity index (χ1n) is 8.72. The van der Waals surface area contributed by atoms with Crippen LogP contribution in [-0.4, -0.2) is 41.6 Å². The van der Waals surface area contributed by atoms with E-state index >= 15 is 0 Å². The molecule has 1 saturated heterocycles. The van der Waals surface area contributed by atoms with Crippen molar-refractivity contribution >= 4 is 11.9 Å². The number of rotatable bonds is 5. The third-order valence-corrected chi connectivity index (χ3v) is 4.41. The van der Waals surface area contributed by atoms with Crippen LogP contribution in [0.5, 0.6) is 0 Å². The highest BCUT2D eigenvalue weighted by atomic mass is 19.1. The fourth-order valence-electron chi connectivity index (χ4n) is 3.07. The van der Waals surface area contributed by atoms with E-state index in [4.69, 9.17) is 9.26 Å². The van der Waals surface area contributed by atoms with Crippen LogP contribution in [0.3, 0.4) is 0 Å². The summed E-state index contributed by atoms with van der Waals surface area (Å²) in [4.78, 5) is 26.1. The molecule has 7 heteroatoms. The van der Waals surface area contributed by atoms with Gasteiger partial charge < -0.3 is 14.2 Å². The number of carbonyl (C=O) groups excluding carboxylic acids is 2. The Hall–Kier alpha value is -2.70. The van der Waals surface area contributed by atoms with Crippen molar-refractivity contribution in [1.29, 1.82) is 0 Å². The lowest BCUT2D eigenvalue weighted by molar-refractivity contribution is -0.151. The van der Waals surface area contributed by atoms with Gasteiger partial charge >= 0.3 is 5.97 Å². The Kier molecular flexibility index (Phi) is 5.65. The SMILES string of the molecule is CCOC(=O)[C@H]1CCCN(C(=O)Cc2cc(-c3ccc(F)cc3)on2)C1. The van der Waals surface area contributed by atoms with E-state index < -0.39 is 0 Å². The van der Waals surface area contributed by atoms with E-state index in [2.05, 4.69) is 5.16 Å². The van der Waals surface area contributed by atoms with Crippen LogP contribution in [-0.2, 0) is 20.7 Å². The van der Waals surface area contributed by atoms with E-state index in [0.717, 1.165) is 12.8 Å². The molecule has 1 fully saturated rings. The lowest BCUT2D eigenvalue weighted by atomic mass is 9.98. The van der Waals surface area contributed by atoms with Gasteiger partial charge in [0, 0.05) is 24.7 Å². The van der Waals surface area contributed by atoms with Crippen molar-refractivity contribution in [2.75, 3.05) is 19.7 Å². The van der Waals surface area contributed by atoms with Gasteiger partial charge in [0.25, 0.3) is 0 Å². The smallest absolute Gasteiger partial charge is 0.310 e. The number of carbonyl (C=O) groups is 2. The van der Waals surface area contributed by atoms with Crippen LogP contribution in [0.2, 0.25) is 0 Å². The number of likely N-dealkylation sites (tertiary alicyclic amines) is 1. The van der Waals surface area contributed by atoms with Crippen molar-refractivity contribution in [3.05, 3.63) is 41.8 Å². The minimum Gasteiger partial charge on any atom is -0.466 e. The van der Waals surface area contributed by atoms with Crippen LogP contribution >= 0.6 is 0 Å². The molecule has 6 nitrogen and oxygen atoms in total. The van der Waals surface area contributed by atoms with Gasteiger partial charge in [-0.2, -0.15) is 0 Å². The molecule has 0 unspecified atom stereocenters. The van der Waals surface area contributed by atoms with Gasteiger partial charge in [-0.05, 0) is 44.0 Å². The van der Waals surface area contributed by atoms with Crippen molar-refractivity contribution in [2.45, 2.75) is 26.2 Å². The zero-order chi connectivity index (χ0) is 18.5. The number of piperidine rings is 1. The number of amides is 1. The normalized spacial score (nSPS) is 17.2. The molecule has 0 N–H and O–H groups in total. The molecule has 0 spiro atoms. The standard InChI is InChI=1S/C19H21FN2O4/c1-2-25-19(24)14-4-3-9-22(12-14)18(23)11-16-10-17(26-21-16)13-5-7-15(20)8-6-13/h5-8,10,14H,2-4,9,11-12H2,1H3/t14-/m0/s1. The molecule has 0 bridgehead atoms. The molecular weight excluding hydrogens is 339 g/mol. The summed E-state index contributed by atoms with van der Waals surface area (Å²) in [5.74, 6) is -0.455. The van der Waals surface area contributed by atoms with Crippen LogP contribution in [0.4, 0.5) is 4.39 Å². The second kappa shape index (κ2) is 8.12. The minimum atomic E-state index is -0.329. The van der Waals surface area contributed by atoms with Gasteiger partial charge in [-0.25, -0.2) is 4.39 Å². The molecule has 1 aromatic carbocycles. The van der Waals surface area contributed by atoms with Crippen LogP contribution in [0.1, 0.15) is 25.5 Å². The number of nitrogens with zero attached hydrogens (tertiary/aromatic N) is 2. The average Bonchev–Trinajstić information content (AvgIpc) is 3.11. The summed E-state index contributed by atoms with van der Waals surface area (Å²) < 4.78 is 23.3. The highest BCUT2D eigenvalue weighted by Crippen LogP contribution is 2.22. The Morgan fingerprint density at radius 3 is 2.85 bits per heavy atom. The maximum absolute atomic E-state index is 13.0. The second-order valence-corrected chi connectivity index (χ2v) is 6.30. The van der Waals surface area contributed by atoms with Crippen molar-refractivity contribution in [3.8, 4) is 11.3 Å². The summed E-state index contributed by atoms with van der Waals surface area (Å²) in [7, 11) is 0. The quantitative estimate of drug-likeness (QED) is 0.767. The van der Waals surface area contributed by atoms with Gasteiger partial charge in [0.05, 0.1) is 24.6 Å². The fourth-order valence-corrected chi connectivity index (χ4v) is 3.07. The van der Waals surface area contributed by atoms with Gasteiger partial charge in [-0.15, -0.1) is 0 Å². The monoisotopic (exact) mass is 360 g/mol. The van der Waals surface area contributed by atoms with Crippen molar-refractivity contribution in [3.63, 3.8) is 0 Å².